The first-order chi connectivity index (χ1) is 17.7. The second-order valence-corrected chi connectivity index (χ2v) is 8.97. The first-order valence-corrected chi connectivity index (χ1v) is 11.9. The minimum atomic E-state index is -0.642. The molecule has 3 amide bonds. The van der Waals surface area contributed by atoms with E-state index in [9.17, 15) is 14.4 Å². The minimum Gasteiger partial charge on any atom is -0.497 e. The smallest absolute Gasteiger partial charge is 0.283 e. The van der Waals surface area contributed by atoms with Crippen molar-refractivity contribution in [1.82, 2.24) is 0 Å². The van der Waals surface area contributed by atoms with Crippen molar-refractivity contribution < 1.29 is 23.9 Å². The number of carbonyl (C=O) groups excluding carboxylic acids is 3. The highest BCUT2D eigenvalue weighted by Gasteiger charge is 2.39. The van der Waals surface area contributed by atoms with Crippen molar-refractivity contribution in [1.29, 1.82) is 0 Å². The van der Waals surface area contributed by atoms with Gasteiger partial charge >= 0.3 is 0 Å². The average Bonchev–Trinajstić information content (AvgIpc) is 3.10. The number of carbonyl (C=O) groups is 3. The number of nitrogens with one attached hydrogen (secondary N) is 2. The van der Waals surface area contributed by atoms with E-state index in [1.807, 2.05) is 6.92 Å². The number of hydrogen-bond donors (Lipinski definition) is 2. The molecule has 0 spiro atoms. The molecule has 1 aliphatic rings. The van der Waals surface area contributed by atoms with E-state index in [-0.39, 0.29) is 23.1 Å². The van der Waals surface area contributed by atoms with E-state index in [2.05, 4.69) is 10.6 Å². The molecule has 3 aromatic rings. The number of imide groups is 1. The Morgan fingerprint density at radius 3 is 2.30 bits per heavy atom. The van der Waals surface area contributed by atoms with Crippen LogP contribution in [0.1, 0.15) is 11.1 Å². The Labute approximate surface area is 223 Å². The number of anilines is 3. The average molecular weight is 540 g/mol. The maximum Gasteiger partial charge on any atom is 0.283 e. The molecule has 2 N–H and O–H groups in total. The summed E-state index contributed by atoms with van der Waals surface area (Å²) in [5, 5.41) is 5.95. The zero-order valence-corrected chi connectivity index (χ0v) is 21.7. The molecule has 0 unspecified atom stereocenters. The molecule has 0 radical (unpaired) electrons. The Balaban J connectivity index is 1.42. The maximum absolute atomic E-state index is 13.0. The number of ether oxygens (including phenoxy) is 2. The molecule has 1 aliphatic heterocycles. The quantitative estimate of drug-likeness (QED) is 0.378. The zero-order chi connectivity index (χ0) is 26.7. The molecular formula is C27H23Cl2N3O5. The molecule has 10 heteroatoms. The number of amides is 3. The number of halogens is 2. The third kappa shape index (κ3) is 5.55. The maximum atomic E-state index is 13.0. The summed E-state index contributed by atoms with van der Waals surface area (Å²) >= 11 is 12.4. The molecule has 0 atom stereocenters. The number of methoxy groups -OCH3 is 2. The largest absolute Gasteiger partial charge is 0.497 e. The molecule has 1 heterocycles. The van der Waals surface area contributed by atoms with Crippen LogP contribution in [0, 0.1) is 6.92 Å². The van der Waals surface area contributed by atoms with Gasteiger partial charge in [-0.05, 0) is 54.4 Å². The predicted molar refractivity (Wildman–Crippen MR) is 144 cm³/mol. The fourth-order valence-electron chi connectivity index (χ4n) is 3.70. The Morgan fingerprint density at radius 1 is 0.919 bits per heavy atom. The molecule has 37 heavy (non-hydrogen) atoms. The lowest BCUT2D eigenvalue weighted by Gasteiger charge is -2.16. The van der Waals surface area contributed by atoms with Crippen molar-refractivity contribution in [2.75, 3.05) is 29.8 Å². The van der Waals surface area contributed by atoms with Gasteiger partial charge in [-0.3, -0.25) is 14.4 Å². The predicted octanol–water partition coefficient (Wildman–Crippen LogP) is 5.28. The molecule has 0 aliphatic carbocycles. The van der Waals surface area contributed by atoms with Gasteiger partial charge in [-0.2, -0.15) is 0 Å². The molecule has 0 fully saturated rings. The van der Waals surface area contributed by atoms with Crippen LogP contribution in [0.25, 0.3) is 0 Å². The number of rotatable bonds is 8. The van der Waals surface area contributed by atoms with E-state index >= 15 is 0 Å². The van der Waals surface area contributed by atoms with Crippen LogP contribution in [0.4, 0.5) is 17.1 Å². The van der Waals surface area contributed by atoms with E-state index < -0.39 is 11.8 Å². The molecule has 8 nitrogen and oxygen atoms in total. The van der Waals surface area contributed by atoms with Gasteiger partial charge < -0.3 is 20.1 Å². The van der Waals surface area contributed by atoms with Gasteiger partial charge in [0.15, 0.2) is 0 Å². The van der Waals surface area contributed by atoms with Crippen LogP contribution in [-0.2, 0) is 20.8 Å². The van der Waals surface area contributed by atoms with Crippen LogP contribution < -0.4 is 25.0 Å². The van der Waals surface area contributed by atoms with Crippen molar-refractivity contribution in [2.24, 2.45) is 0 Å². The minimum absolute atomic E-state index is 0.0412. The lowest BCUT2D eigenvalue weighted by Crippen LogP contribution is -2.32. The topological polar surface area (TPSA) is 97.0 Å². The Bertz CT molecular complexity index is 1420. The van der Waals surface area contributed by atoms with Gasteiger partial charge in [0.1, 0.15) is 22.2 Å². The fraction of sp³-hybridized carbons (Fsp3) is 0.148. The van der Waals surface area contributed by atoms with E-state index in [4.69, 9.17) is 32.7 Å². The summed E-state index contributed by atoms with van der Waals surface area (Å²) in [5.41, 5.74) is 2.89. The van der Waals surface area contributed by atoms with Gasteiger partial charge in [-0.15, -0.1) is 0 Å². The first-order valence-electron chi connectivity index (χ1n) is 11.1. The third-order valence-corrected chi connectivity index (χ3v) is 6.47. The van der Waals surface area contributed by atoms with Gasteiger partial charge in [0.05, 0.1) is 32.0 Å². The third-order valence-electron chi connectivity index (χ3n) is 5.71. The number of benzene rings is 3. The Kier molecular flexibility index (Phi) is 7.71. The normalized spacial score (nSPS) is 13.2. The van der Waals surface area contributed by atoms with Crippen LogP contribution >= 0.6 is 23.2 Å². The molecule has 0 aromatic heterocycles. The molecule has 190 valence electrons. The highest BCUT2D eigenvalue weighted by Crippen LogP contribution is 2.32. The highest BCUT2D eigenvalue weighted by atomic mass is 35.5. The fourth-order valence-corrected chi connectivity index (χ4v) is 4.09. The van der Waals surface area contributed by atoms with E-state index in [0.717, 1.165) is 16.0 Å². The zero-order valence-electron chi connectivity index (χ0n) is 20.2. The molecule has 4 rings (SSSR count). The molecular weight excluding hydrogens is 517 g/mol. The van der Waals surface area contributed by atoms with Crippen molar-refractivity contribution in [3.8, 4) is 11.5 Å². The van der Waals surface area contributed by atoms with Crippen LogP contribution in [0.3, 0.4) is 0 Å². The standard InChI is InChI=1S/C27H23Cl2N3O5/c1-15-4-9-18(13-20(15)28)32-26(34)24(29)25(27(32)35)30-17-7-5-16(6-8-17)12-23(33)31-21-11-10-19(36-2)14-22(21)37-3/h4-11,13-14,30H,12H2,1-3H3,(H,31,33). The van der Waals surface area contributed by atoms with Crippen molar-refractivity contribution in [3.63, 3.8) is 0 Å². The van der Waals surface area contributed by atoms with Gasteiger partial charge in [-0.25, -0.2) is 4.90 Å². The summed E-state index contributed by atoms with van der Waals surface area (Å²) in [6.45, 7) is 1.82. The van der Waals surface area contributed by atoms with Gasteiger partial charge in [0.2, 0.25) is 5.91 Å². The molecule has 0 saturated carbocycles. The van der Waals surface area contributed by atoms with Crippen LogP contribution in [0.5, 0.6) is 11.5 Å². The second-order valence-electron chi connectivity index (χ2n) is 8.18. The summed E-state index contributed by atoms with van der Waals surface area (Å²) in [6.07, 6.45) is 0.109. The Hall–Kier alpha value is -4.01. The van der Waals surface area contributed by atoms with Crippen LogP contribution in [-0.4, -0.2) is 31.9 Å². The van der Waals surface area contributed by atoms with Gasteiger partial charge in [-0.1, -0.05) is 41.4 Å². The monoisotopic (exact) mass is 539 g/mol. The number of nitrogens with zero attached hydrogens (tertiary/aromatic N) is 1. The number of hydrogen-bond acceptors (Lipinski definition) is 6. The molecule has 0 bridgehead atoms. The SMILES string of the molecule is COc1ccc(NC(=O)Cc2ccc(NC3=C(Cl)C(=O)N(c4ccc(C)c(Cl)c4)C3=O)cc2)c(OC)c1. The highest BCUT2D eigenvalue weighted by molar-refractivity contribution is 6.53. The molecule has 0 saturated heterocycles. The van der Waals surface area contributed by atoms with E-state index in [1.165, 1.54) is 7.11 Å². The van der Waals surface area contributed by atoms with Crippen molar-refractivity contribution >= 4 is 58.0 Å². The van der Waals surface area contributed by atoms with E-state index in [1.54, 1.807) is 67.8 Å². The second kappa shape index (κ2) is 10.9. The summed E-state index contributed by atoms with van der Waals surface area (Å²) in [6, 6.07) is 16.9. The summed E-state index contributed by atoms with van der Waals surface area (Å²) in [5.74, 6) is -0.376. The number of aryl methyl sites for hydroxylation is 1. The molecule has 3 aromatic carbocycles. The summed E-state index contributed by atoms with van der Waals surface area (Å²) < 4.78 is 10.5. The van der Waals surface area contributed by atoms with Crippen molar-refractivity contribution in [2.45, 2.75) is 13.3 Å². The Morgan fingerprint density at radius 2 is 1.65 bits per heavy atom. The van der Waals surface area contributed by atoms with Crippen molar-refractivity contribution in [3.05, 3.63) is 87.5 Å². The summed E-state index contributed by atoms with van der Waals surface area (Å²) in [7, 11) is 3.06. The van der Waals surface area contributed by atoms with E-state index in [0.29, 0.717) is 33.6 Å². The van der Waals surface area contributed by atoms with Crippen LogP contribution in [0.2, 0.25) is 5.02 Å². The van der Waals surface area contributed by atoms with Gasteiger partial charge in [0.25, 0.3) is 11.8 Å². The lowest BCUT2D eigenvalue weighted by molar-refractivity contribution is -0.120. The first kappa shape index (κ1) is 26.1. The summed E-state index contributed by atoms with van der Waals surface area (Å²) in [4.78, 5) is 39.2. The van der Waals surface area contributed by atoms with Gasteiger partial charge in [0, 0.05) is 16.8 Å². The van der Waals surface area contributed by atoms with Crippen LogP contribution in [0.15, 0.2) is 71.4 Å². The lowest BCUT2D eigenvalue weighted by atomic mass is 10.1.